The van der Waals surface area contributed by atoms with E-state index in [1.54, 1.807) is 7.11 Å². The summed E-state index contributed by atoms with van der Waals surface area (Å²) in [6.07, 6.45) is 1.83. The van der Waals surface area contributed by atoms with E-state index in [2.05, 4.69) is 9.97 Å². The fourth-order valence-electron chi connectivity index (χ4n) is 1.67. The van der Waals surface area contributed by atoms with Crippen LogP contribution < -0.4 is 4.74 Å². The van der Waals surface area contributed by atoms with Crippen LogP contribution in [0, 0.1) is 0 Å². The van der Waals surface area contributed by atoms with Gasteiger partial charge >= 0.3 is 0 Å². The van der Waals surface area contributed by atoms with Crippen LogP contribution in [0.15, 0.2) is 40.9 Å². The van der Waals surface area contributed by atoms with Gasteiger partial charge in [0.05, 0.1) is 7.11 Å². The first kappa shape index (κ1) is 9.03. The highest BCUT2D eigenvalue weighted by molar-refractivity contribution is 5.81. The summed E-state index contributed by atoms with van der Waals surface area (Å²) in [6, 6.07) is 9.43. The first-order valence-corrected chi connectivity index (χ1v) is 4.96. The van der Waals surface area contributed by atoms with E-state index in [1.807, 2.05) is 36.5 Å². The lowest BCUT2D eigenvalue weighted by molar-refractivity contribution is 0.419. The molecule has 0 aliphatic heterocycles. The summed E-state index contributed by atoms with van der Waals surface area (Å²) < 4.78 is 10.9. The molecule has 1 aromatic carbocycles. The molecule has 0 unspecified atom stereocenters. The molecular weight excluding hydrogens is 204 g/mol. The highest BCUT2D eigenvalue weighted by atomic mass is 16.5. The molecule has 1 N–H and O–H groups in total. The monoisotopic (exact) mass is 214 g/mol. The zero-order valence-corrected chi connectivity index (χ0v) is 8.73. The number of hydrogen-bond acceptors (Lipinski definition) is 3. The van der Waals surface area contributed by atoms with E-state index in [0.29, 0.717) is 5.89 Å². The highest BCUT2D eigenvalue weighted by Crippen LogP contribution is 2.28. The van der Waals surface area contributed by atoms with E-state index in [1.165, 1.54) is 0 Å². The molecule has 0 saturated carbocycles. The molecule has 0 radical (unpaired) electrons. The molecule has 0 aliphatic rings. The van der Waals surface area contributed by atoms with Gasteiger partial charge in [0.2, 0.25) is 5.89 Å². The number of aromatic nitrogens is 2. The van der Waals surface area contributed by atoms with E-state index >= 15 is 0 Å². The quantitative estimate of drug-likeness (QED) is 0.713. The zero-order chi connectivity index (χ0) is 11.0. The molecule has 0 bridgehead atoms. The number of rotatable bonds is 2. The van der Waals surface area contributed by atoms with Crippen molar-refractivity contribution in [2.75, 3.05) is 7.11 Å². The Morgan fingerprint density at radius 3 is 2.94 bits per heavy atom. The second kappa shape index (κ2) is 3.41. The van der Waals surface area contributed by atoms with Gasteiger partial charge in [-0.25, -0.2) is 4.98 Å². The molecular formula is C12H10N2O2. The maximum atomic E-state index is 5.63. The number of aromatic amines is 1. The number of ether oxygens (including phenoxy) is 1. The van der Waals surface area contributed by atoms with E-state index in [-0.39, 0.29) is 0 Å². The van der Waals surface area contributed by atoms with E-state index in [9.17, 15) is 0 Å². The van der Waals surface area contributed by atoms with Gasteiger partial charge in [-0.05, 0) is 24.3 Å². The molecule has 0 fully saturated rings. The predicted octanol–water partition coefficient (Wildman–Crippen LogP) is 2.83. The van der Waals surface area contributed by atoms with Gasteiger partial charge in [0.25, 0.3) is 0 Å². The topological polar surface area (TPSA) is 51.0 Å². The fourth-order valence-corrected chi connectivity index (χ4v) is 1.67. The van der Waals surface area contributed by atoms with E-state index < -0.39 is 0 Å². The number of nitrogens with one attached hydrogen (secondary N) is 1. The summed E-state index contributed by atoms with van der Waals surface area (Å²) in [5.41, 5.74) is 2.33. The van der Waals surface area contributed by atoms with Crippen molar-refractivity contribution in [3.8, 4) is 17.3 Å². The van der Waals surface area contributed by atoms with Crippen molar-refractivity contribution in [1.82, 2.24) is 9.97 Å². The van der Waals surface area contributed by atoms with Crippen molar-refractivity contribution in [1.29, 1.82) is 0 Å². The lowest BCUT2D eigenvalue weighted by atomic mass is 10.3. The Morgan fingerprint density at radius 1 is 1.25 bits per heavy atom. The summed E-state index contributed by atoms with van der Waals surface area (Å²) in [6.45, 7) is 0. The number of H-pyrrole nitrogens is 1. The van der Waals surface area contributed by atoms with Gasteiger partial charge in [0.1, 0.15) is 11.4 Å². The molecule has 4 heteroatoms. The van der Waals surface area contributed by atoms with Gasteiger partial charge in [-0.15, -0.1) is 0 Å². The standard InChI is InChI=1S/C12H10N2O2/c1-15-9-5-2-6-10-11(9)14-12(16-10)8-4-3-7-13-8/h2-7,13H,1H3. The maximum Gasteiger partial charge on any atom is 0.244 e. The van der Waals surface area contributed by atoms with Crippen molar-refractivity contribution in [2.45, 2.75) is 0 Å². The highest BCUT2D eigenvalue weighted by Gasteiger charge is 2.11. The minimum atomic E-state index is 0.574. The van der Waals surface area contributed by atoms with Crippen molar-refractivity contribution < 1.29 is 9.15 Å². The van der Waals surface area contributed by atoms with Crippen molar-refractivity contribution in [3.63, 3.8) is 0 Å². The average Bonchev–Trinajstić information content (AvgIpc) is 2.96. The lowest BCUT2D eigenvalue weighted by Gasteiger charge is -1.96. The second-order valence-electron chi connectivity index (χ2n) is 3.41. The third-order valence-corrected chi connectivity index (χ3v) is 2.43. The van der Waals surface area contributed by atoms with Crippen LogP contribution in [0.3, 0.4) is 0 Å². The molecule has 2 heterocycles. The Morgan fingerprint density at radius 2 is 2.19 bits per heavy atom. The third kappa shape index (κ3) is 1.27. The van der Waals surface area contributed by atoms with Crippen LogP contribution in [0.1, 0.15) is 0 Å². The van der Waals surface area contributed by atoms with Crippen LogP contribution >= 0.6 is 0 Å². The molecule has 0 aliphatic carbocycles. The maximum absolute atomic E-state index is 5.63. The second-order valence-corrected chi connectivity index (χ2v) is 3.41. The minimum absolute atomic E-state index is 0.574. The van der Waals surface area contributed by atoms with Crippen molar-refractivity contribution in [2.24, 2.45) is 0 Å². The number of fused-ring (bicyclic) bond motifs is 1. The van der Waals surface area contributed by atoms with Gasteiger partial charge in [-0.2, -0.15) is 0 Å². The third-order valence-electron chi connectivity index (χ3n) is 2.43. The van der Waals surface area contributed by atoms with Crippen LogP contribution in [-0.2, 0) is 0 Å². The van der Waals surface area contributed by atoms with Crippen LogP contribution in [0.4, 0.5) is 0 Å². The number of benzene rings is 1. The zero-order valence-electron chi connectivity index (χ0n) is 8.73. The molecule has 16 heavy (non-hydrogen) atoms. The van der Waals surface area contributed by atoms with Crippen LogP contribution in [0.25, 0.3) is 22.7 Å². The van der Waals surface area contributed by atoms with Gasteiger partial charge in [0, 0.05) is 6.20 Å². The molecule has 4 nitrogen and oxygen atoms in total. The first-order chi connectivity index (χ1) is 7.88. The molecule has 0 atom stereocenters. The minimum Gasteiger partial charge on any atom is -0.494 e. The predicted molar refractivity (Wildman–Crippen MR) is 60.3 cm³/mol. The summed E-state index contributed by atoms with van der Waals surface area (Å²) in [5.74, 6) is 1.29. The summed E-state index contributed by atoms with van der Waals surface area (Å²) in [7, 11) is 1.62. The number of hydrogen-bond donors (Lipinski definition) is 1. The largest absolute Gasteiger partial charge is 0.494 e. The molecule has 80 valence electrons. The van der Waals surface area contributed by atoms with Gasteiger partial charge < -0.3 is 14.1 Å². The van der Waals surface area contributed by atoms with Gasteiger partial charge in [0.15, 0.2) is 11.1 Å². The Bertz CT molecular complexity index is 611. The molecule has 3 rings (SSSR count). The average molecular weight is 214 g/mol. The van der Waals surface area contributed by atoms with E-state index in [0.717, 1.165) is 22.5 Å². The van der Waals surface area contributed by atoms with Crippen molar-refractivity contribution >= 4 is 11.1 Å². The normalized spacial score (nSPS) is 10.8. The van der Waals surface area contributed by atoms with Crippen LogP contribution in [0.5, 0.6) is 5.75 Å². The van der Waals surface area contributed by atoms with Crippen LogP contribution in [0.2, 0.25) is 0 Å². The van der Waals surface area contributed by atoms with Crippen LogP contribution in [-0.4, -0.2) is 17.1 Å². The smallest absolute Gasteiger partial charge is 0.244 e. The summed E-state index contributed by atoms with van der Waals surface area (Å²) >= 11 is 0. The molecule has 3 aromatic rings. The molecule has 2 aromatic heterocycles. The number of para-hydroxylation sites is 1. The summed E-state index contributed by atoms with van der Waals surface area (Å²) in [5, 5.41) is 0. The Labute approximate surface area is 91.9 Å². The van der Waals surface area contributed by atoms with Gasteiger partial charge in [-0.3, -0.25) is 0 Å². The number of methoxy groups -OCH3 is 1. The lowest BCUT2D eigenvalue weighted by Crippen LogP contribution is -1.83. The van der Waals surface area contributed by atoms with Gasteiger partial charge in [-0.1, -0.05) is 6.07 Å². The number of oxazole rings is 1. The molecule has 0 amide bonds. The SMILES string of the molecule is COc1cccc2oc(-c3ccc[nH]3)nc12. The fraction of sp³-hybridized carbons (Fsp3) is 0.0833. The first-order valence-electron chi connectivity index (χ1n) is 4.96. The number of nitrogens with zero attached hydrogens (tertiary/aromatic N) is 1. The molecule has 0 spiro atoms. The van der Waals surface area contributed by atoms with Crippen molar-refractivity contribution in [3.05, 3.63) is 36.5 Å². The Hall–Kier alpha value is -2.23. The van der Waals surface area contributed by atoms with E-state index in [4.69, 9.17) is 9.15 Å². The Kier molecular flexibility index (Phi) is 1.93. The summed E-state index contributed by atoms with van der Waals surface area (Å²) in [4.78, 5) is 7.46. The Balaban J connectivity index is 2.23. The molecule has 0 saturated heterocycles.